The Morgan fingerprint density at radius 3 is 2.75 bits per heavy atom. The van der Waals surface area contributed by atoms with Crippen molar-refractivity contribution in [2.24, 2.45) is 0 Å². The molecule has 2 rings (SSSR count). The van der Waals surface area contributed by atoms with E-state index in [1.165, 1.54) is 19.0 Å². The van der Waals surface area contributed by atoms with Gasteiger partial charge in [-0.25, -0.2) is 4.98 Å². The maximum atomic E-state index is 4.67. The molecule has 1 aromatic heterocycles. The Bertz CT molecular complexity index is 578. The van der Waals surface area contributed by atoms with E-state index in [0.717, 1.165) is 23.1 Å². The van der Waals surface area contributed by atoms with E-state index in [0.29, 0.717) is 6.04 Å². The summed E-state index contributed by atoms with van der Waals surface area (Å²) in [7, 11) is 0. The van der Waals surface area contributed by atoms with Crippen molar-refractivity contribution in [3.05, 3.63) is 47.4 Å². The van der Waals surface area contributed by atoms with Crippen LogP contribution in [0.15, 0.2) is 22.7 Å². The first-order valence-corrected chi connectivity index (χ1v) is 9.31. The molecule has 0 aliphatic carbocycles. The molecular weight excluding hydrogens is 447 g/mol. The van der Waals surface area contributed by atoms with E-state index in [1.54, 1.807) is 0 Å². The fraction of sp³-hybridized carbons (Fsp3) is 0.400. The van der Waals surface area contributed by atoms with Crippen molar-refractivity contribution in [1.29, 1.82) is 0 Å². The van der Waals surface area contributed by atoms with Gasteiger partial charge in [-0.15, -0.1) is 11.3 Å². The number of likely N-dealkylation sites (N-methyl/N-ethyl adjacent to an activating group) is 1. The van der Waals surface area contributed by atoms with E-state index < -0.39 is 0 Å². The monoisotopic (exact) mass is 464 g/mol. The Hall–Kier alpha value is 0.0200. The molecule has 0 aliphatic heterocycles. The summed E-state index contributed by atoms with van der Waals surface area (Å²) in [6.45, 7) is 7.33. The number of aromatic nitrogens is 1. The van der Waals surface area contributed by atoms with Crippen LogP contribution in [0.5, 0.6) is 0 Å². The van der Waals surface area contributed by atoms with Crippen LogP contribution in [0.4, 0.5) is 0 Å². The Labute approximate surface area is 146 Å². The molecule has 1 N–H and O–H groups in total. The minimum Gasteiger partial charge on any atom is -0.310 e. The lowest BCUT2D eigenvalue weighted by atomic mass is 10.0. The maximum Gasteiger partial charge on any atom is 0.0949 e. The highest BCUT2D eigenvalue weighted by molar-refractivity contribution is 14.1. The van der Waals surface area contributed by atoms with Crippen LogP contribution in [-0.4, -0.2) is 11.5 Å². The van der Waals surface area contributed by atoms with Crippen LogP contribution in [0, 0.1) is 17.4 Å². The Kier molecular flexibility index (Phi) is 6.01. The van der Waals surface area contributed by atoms with Crippen LogP contribution < -0.4 is 5.32 Å². The molecule has 0 radical (unpaired) electrons. The Morgan fingerprint density at radius 2 is 2.15 bits per heavy atom. The van der Waals surface area contributed by atoms with Crippen LogP contribution in [0.3, 0.4) is 0 Å². The van der Waals surface area contributed by atoms with E-state index in [9.17, 15) is 0 Å². The molecule has 1 unspecified atom stereocenters. The topological polar surface area (TPSA) is 24.9 Å². The number of halogens is 2. The third kappa shape index (κ3) is 4.02. The number of nitrogens with one attached hydrogen (secondary N) is 1. The van der Waals surface area contributed by atoms with Crippen molar-refractivity contribution in [2.45, 2.75) is 33.2 Å². The fourth-order valence-electron chi connectivity index (χ4n) is 2.12. The second-order valence-electron chi connectivity index (χ2n) is 4.73. The van der Waals surface area contributed by atoms with Crippen LogP contribution in [0.1, 0.15) is 34.1 Å². The van der Waals surface area contributed by atoms with Gasteiger partial charge in [0.15, 0.2) is 0 Å². The number of thiazole rings is 1. The van der Waals surface area contributed by atoms with E-state index in [1.807, 2.05) is 11.3 Å². The van der Waals surface area contributed by atoms with Gasteiger partial charge in [-0.2, -0.15) is 0 Å². The van der Waals surface area contributed by atoms with Crippen molar-refractivity contribution in [2.75, 3.05) is 6.54 Å². The van der Waals surface area contributed by atoms with Crippen LogP contribution >= 0.6 is 49.9 Å². The first-order chi connectivity index (χ1) is 9.51. The van der Waals surface area contributed by atoms with Gasteiger partial charge in [-0.1, -0.05) is 22.9 Å². The van der Waals surface area contributed by atoms with E-state index in [-0.39, 0.29) is 0 Å². The number of aryl methyl sites for hydroxylation is 2. The number of hydrogen-bond acceptors (Lipinski definition) is 3. The number of hydrogen-bond donors (Lipinski definition) is 1. The largest absolute Gasteiger partial charge is 0.310 e. The summed E-state index contributed by atoms with van der Waals surface area (Å²) in [4.78, 5) is 5.99. The van der Waals surface area contributed by atoms with Gasteiger partial charge >= 0.3 is 0 Å². The summed E-state index contributed by atoms with van der Waals surface area (Å²) in [5.74, 6) is 0. The van der Waals surface area contributed by atoms with Crippen LogP contribution in [0.25, 0.3) is 0 Å². The highest BCUT2D eigenvalue weighted by atomic mass is 127. The zero-order valence-corrected chi connectivity index (χ0v) is 16.4. The lowest BCUT2D eigenvalue weighted by Crippen LogP contribution is -2.23. The van der Waals surface area contributed by atoms with E-state index >= 15 is 0 Å². The lowest BCUT2D eigenvalue weighted by molar-refractivity contribution is 0.546. The van der Waals surface area contributed by atoms with Gasteiger partial charge in [0.05, 0.1) is 10.7 Å². The number of nitrogens with zero attached hydrogens (tertiary/aromatic N) is 1. The second-order valence-corrected chi connectivity index (χ2v) is 8.10. The standard InChI is InChI=1S/C15H18BrIN2S/c1-4-18-14(8-15-19-9(2)10(3)20-15)12-7-11(16)5-6-13(12)17/h5-7,14,18H,4,8H2,1-3H3. The normalized spacial score (nSPS) is 12.7. The summed E-state index contributed by atoms with van der Waals surface area (Å²) in [6, 6.07) is 6.77. The van der Waals surface area contributed by atoms with Gasteiger partial charge in [0, 0.05) is 25.4 Å². The first-order valence-electron chi connectivity index (χ1n) is 6.62. The lowest BCUT2D eigenvalue weighted by Gasteiger charge is -2.19. The molecule has 0 fully saturated rings. The zero-order valence-electron chi connectivity index (χ0n) is 11.8. The van der Waals surface area contributed by atoms with Gasteiger partial charge in [0.1, 0.15) is 0 Å². The average molecular weight is 465 g/mol. The minimum absolute atomic E-state index is 0.314. The molecular formula is C15H18BrIN2S. The molecule has 0 saturated heterocycles. The fourth-order valence-corrected chi connectivity index (χ4v) is 4.19. The summed E-state index contributed by atoms with van der Waals surface area (Å²) in [5, 5.41) is 4.80. The average Bonchev–Trinajstić information content (AvgIpc) is 2.71. The maximum absolute atomic E-state index is 4.67. The number of benzene rings is 1. The molecule has 20 heavy (non-hydrogen) atoms. The summed E-state index contributed by atoms with van der Waals surface area (Å²) < 4.78 is 2.42. The molecule has 0 spiro atoms. The van der Waals surface area contributed by atoms with Crippen molar-refractivity contribution < 1.29 is 0 Å². The van der Waals surface area contributed by atoms with Gasteiger partial charge < -0.3 is 5.32 Å². The predicted octanol–water partition coefficient (Wildman–Crippen LogP) is 5.02. The minimum atomic E-state index is 0.314. The van der Waals surface area contributed by atoms with Crippen molar-refractivity contribution in [3.8, 4) is 0 Å². The second kappa shape index (κ2) is 7.33. The predicted molar refractivity (Wildman–Crippen MR) is 98.6 cm³/mol. The van der Waals surface area contributed by atoms with Crippen LogP contribution in [-0.2, 0) is 6.42 Å². The summed E-state index contributed by atoms with van der Waals surface area (Å²) in [6.07, 6.45) is 0.944. The SMILES string of the molecule is CCNC(Cc1nc(C)c(C)s1)c1cc(Br)ccc1I. The van der Waals surface area contributed by atoms with E-state index in [4.69, 9.17) is 0 Å². The summed E-state index contributed by atoms with van der Waals surface area (Å²) in [5.41, 5.74) is 2.50. The molecule has 0 saturated carbocycles. The Balaban J connectivity index is 2.28. The molecule has 1 aromatic carbocycles. The molecule has 108 valence electrons. The van der Waals surface area contributed by atoms with Gasteiger partial charge in [0.2, 0.25) is 0 Å². The quantitative estimate of drug-likeness (QED) is 0.628. The van der Waals surface area contributed by atoms with Crippen molar-refractivity contribution in [3.63, 3.8) is 0 Å². The smallest absolute Gasteiger partial charge is 0.0949 e. The van der Waals surface area contributed by atoms with Gasteiger partial charge in [0.25, 0.3) is 0 Å². The zero-order chi connectivity index (χ0) is 14.7. The van der Waals surface area contributed by atoms with E-state index in [2.05, 4.69) is 87.8 Å². The molecule has 5 heteroatoms. The molecule has 2 nitrogen and oxygen atoms in total. The third-order valence-electron chi connectivity index (χ3n) is 3.24. The third-order valence-corrected chi connectivity index (χ3v) is 5.81. The van der Waals surface area contributed by atoms with Gasteiger partial charge in [-0.3, -0.25) is 0 Å². The molecule has 0 aliphatic rings. The first kappa shape index (κ1) is 16.4. The molecule has 0 amide bonds. The van der Waals surface area contributed by atoms with Crippen molar-refractivity contribution in [1.82, 2.24) is 10.3 Å². The van der Waals surface area contributed by atoms with Crippen molar-refractivity contribution >= 4 is 49.9 Å². The number of rotatable bonds is 5. The molecule has 0 bridgehead atoms. The van der Waals surface area contributed by atoms with Crippen LogP contribution in [0.2, 0.25) is 0 Å². The Morgan fingerprint density at radius 1 is 1.40 bits per heavy atom. The molecule has 1 atom stereocenters. The highest BCUT2D eigenvalue weighted by Crippen LogP contribution is 2.28. The molecule has 1 heterocycles. The molecule has 2 aromatic rings. The summed E-state index contributed by atoms with van der Waals surface area (Å²) >= 11 is 7.79. The highest BCUT2D eigenvalue weighted by Gasteiger charge is 2.17. The van der Waals surface area contributed by atoms with Gasteiger partial charge in [-0.05, 0) is 66.7 Å².